The molecule has 14 heavy (non-hydrogen) atoms. The summed E-state index contributed by atoms with van der Waals surface area (Å²) in [6.07, 6.45) is 5.09. The molecule has 0 bridgehead atoms. The molecule has 0 aromatic carbocycles. The minimum atomic E-state index is 0.399. The summed E-state index contributed by atoms with van der Waals surface area (Å²) in [6, 6.07) is 4.64. The first kappa shape index (κ1) is 11.5. The Balaban J connectivity index is 2.73. The average Bonchev–Trinajstić information content (AvgIpc) is 2.26. The van der Waals surface area contributed by atoms with Crippen LogP contribution in [0.4, 0.5) is 0 Å². The van der Waals surface area contributed by atoms with Crippen molar-refractivity contribution in [3.8, 4) is 0 Å². The zero-order valence-electron chi connectivity index (χ0n) is 9.08. The van der Waals surface area contributed by atoms with Crippen LogP contribution in [0.1, 0.15) is 32.0 Å². The van der Waals surface area contributed by atoms with E-state index in [0.717, 1.165) is 18.7 Å². The molecule has 1 aromatic rings. The Kier molecular flexibility index (Phi) is 4.98. The number of thioether (sulfide) groups is 1. The van der Waals surface area contributed by atoms with Gasteiger partial charge in [-0.25, -0.2) is 0 Å². The van der Waals surface area contributed by atoms with Gasteiger partial charge in [0.25, 0.3) is 0 Å². The van der Waals surface area contributed by atoms with Gasteiger partial charge in [-0.2, -0.15) is 0 Å². The highest BCUT2D eigenvalue weighted by atomic mass is 32.2. The summed E-state index contributed by atoms with van der Waals surface area (Å²) in [6.45, 7) is 5.29. The van der Waals surface area contributed by atoms with Gasteiger partial charge in [0.1, 0.15) is 0 Å². The lowest BCUT2D eigenvalue weighted by atomic mass is 10.1. The zero-order valence-corrected chi connectivity index (χ0v) is 9.90. The van der Waals surface area contributed by atoms with Crippen LogP contribution < -0.4 is 5.32 Å². The summed E-state index contributed by atoms with van der Waals surface area (Å²) in [5.41, 5.74) is 1.15. The molecule has 1 N–H and O–H groups in total. The third kappa shape index (κ3) is 3.00. The highest BCUT2D eigenvalue weighted by Gasteiger charge is 2.08. The molecule has 0 aliphatic heterocycles. The predicted molar refractivity (Wildman–Crippen MR) is 62.7 cm³/mol. The Morgan fingerprint density at radius 3 is 2.64 bits per heavy atom. The number of nitrogens with one attached hydrogen (secondary N) is 1. The van der Waals surface area contributed by atoms with E-state index in [2.05, 4.69) is 42.5 Å². The van der Waals surface area contributed by atoms with Crippen molar-refractivity contribution in [1.29, 1.82) is 0 Å². The van der Waals surface area contributed by atoms with Gasteiger partial charge in [0.2, 0.25) is 0 Å². The third-order valence-corrected chi connectivity index (χ3v) is 2.92. The van der Waals surface area contributed by atoms with E-state index in [1.807, 2.05) is 6.20 Å². The lowest BCUT2D eigenvalue weighted by Crippen LogP contribution is -2.20. The monoisotopic (exact) mass is 210 g/mol. The SMILES string of the molecule is CCNC(CC)c1ccc(SC)cn1. The van der Waals surface area contributed by atoms with Gasteiger partial charge in [-0.05, 0) is 31.4 Å². The van der Waals surface area contributed by atoms with E-state index in [4.69, 9.17) is 0 Å². The Labute approximate surface area is 90.5 Å². The number of hydrogen-bond donors (Lipinski definition) is 1. The summed E-state index contributed by atoms with van der Waals surface area (Å²) in [4.78, 5) is 5.68. The fourth-order valence-electron chi connectivity index (χ4n) is 1.42. The van der Waals surface area contributed by atoms with Crippen LogP contribution in [0.3, 0.4) is 0 Å². The highest BCUT2D eigenvalue weighted by molar-refractivity contribution is 7.98. The van der Waals surface area contributed by atoms with Gasteiger partial charge in [-0.3, -0.25) is 4.98 Å². The van der Waals surface area contributed by atoms with E-state index in [-0.39, 0.29) is 0 Å². The smallest absolute Gasteiger partial charge is 0.0573 e. The van der Waals surface area contributed by atoms with Crippen LogP contribution in [-0.2, 0) is 0 Å². The molecule has 0 amide bonds. The Morgan fingerprint density at radius 2 is 2.21 bits per heavy atom. The normalized spacial score (nSPS) is 12.8. The number of pyridine rings is 1. The van der Waals surface area contributed by atoms with Gasteiger partial charge in [0, 0.05) is 17.1 Å². The summed E-state index contributed by atoms with van der Waals surface area (Å²) >= 11 is 1.73. The average molecular weight is 210 g/mol. The summed E-state index contributed by atoms with van der Waals surface area (Å²) in [5.74, 6) is 0. The van der Waals surface area contributed by atoms with Gasteiger partial charge in [0.05, 0.1) is 5.69 Å². The second-order valence-electron chi connectivity index (χ2n) is 3.14. The van der Waals surface area contributed by atoms with E-state index in [1.165, 1.54) is 4.90 Å². The lowest BCUT2D eigenvalue weighted by Gasteiger charge is -2.14. The molecule has 78 valence electrons. The minimum absolute atomic E-state index is 0.399. The molecule has 1 unspecified atom stereocenters. The first-order chi connectivity index (χ1) is 6.81. The molecular formula is C11H18N2S. The van der Waals surface area contributed by atoms with Crippen molar-refractivity contribution in [3.63, 3.8) is 0 Å². The lowest BCUT2D eigenvalue weighted by molar-refractivity contribution is 0.524. The highest BCUT2D eigenvalue weighted by Crippen LogP contribution is 2.18. The van der Waals surface area contributed by atoms with Crippen molar-refractivity contribution in [1.82, 2.24) is 10.3 Å². The van der Waals surface area contributed by atoms with E-state index in [0.29, 0.717) is 6.04 Å². The van der Waals surface area contributed by atoms with Gasteiger partial charge >= 0.3 is 0 Å². The first-order valence-electron chi connectivity index (χ1n) is 5.05. The molecule has 0 aliphatic rings. The fraction of sp³-hybridized carbons (Fsp3) is 0.545. The summed E-state index contributed by atoms with van der Waals surface area (Å²) in [5, 5.41) is 3.42. The molecule has 0 aliphatic carbocycles. The standard InChI is InChI=1S/C11H18N2S/c1-4-10(12-5-2)11-7-6-9(14-3)8-13-11/h6-8,10,12H,4-5H2,1-3H3. The molecular weight excluding hydrogens is 192 g/mol. The van der Waals surface area contributed by atoms with Crippen molar-refractivity contribution in [2.24, 2.45) is 0 Å². The molecule has 3 heteroatoms. The predicted octanol–water partition coefficient (Wildman–Crippen LogP) is 2.86. The number of nitrogens with zero attached hydrogens (tertiary/aromatic N) is 1. The number of rotatable bonds is 5. The zero-order chi connectivity index (χ0) is 10.4. The van der Waals surface area contributed by atoms with Crippen molar-refractivity contribution in [3.05, 3.63) is 24.0 Å². The van der Waals surface area contributed by atoms with Crippen LogP contribution in [0.2, 0.25) is 0 Å². The minimum Gasteiger partial charge on any atom is -0.309 e. The molecule has 0 saturated carbocycles. The van der Waals surface area contributed by atoms with Crippen LogP contribution in [0.25, 0.3) is 0 Å². The quantitative estimate of drug-likeness (QED) is 0.756. The molecule has 0 spiro atoms. The second-order valence-corrected chi connectivity index (χ2v) is 4.02. The summed E-state index contributed by atoms with van der Waals surface area (Å²) < 4.78 is 0. The van der Waals surface area contributed by atoms with Crippen molar-refractivity contribution in [2.45, 2.75) is 31.2 Å². The van der Waals surface area contributed by atoms with E-state index < -0.39 is 0 Å². The molecule has 0 saturated heterocycles. The Bertz CT molecular complexity index is 258. The van der Waals surface area contributed by atoms with Crippen LogP contribution in [-0.4, -0.2) is 17.8 Å². The number of hydrogen-bond acceptors (Lipinski definition) is 3. The van der Waals surface area contributed by atoms with E-state index in [9.17, 15) is 0 Å². The Hall–Kier alpha value is -0.540. The second kappa shape index (κ2) is 6.04. The van der Waals surface area contributed by atoms with Gasteiger partial charge < -0.3 is 5.32 Å². The van der Waals surface area contributed by atoms with Crippen LogP contribution in [0.15, 0.2) is 23.2 Å². The molecule has 0 fully saturated rings. The maximum Gasteiger partial charge on any atom is 0.0573 e. The van der Waals surface area contributed by atoms with Crippen LogP contribution in [0, 0.1) is 0 Å². The van der Waals surface area contributed by atoms with Gasteiger partial charge in [-0.15, -0.1) is 11.8 Å². The molecule has 1 rings (SSSR count). The molecule has 1 heterocycles. The Morgan fingerprint density at radius 1 is 1.43 bits per heavy atom. The largest absolute Gasteiger partial charge is 0.309 e. The van der Waals surface area contributed by atoms with Crippen LogP contribution >= 0.6 is 11.8 Å². The third-order valence-electron chi connectivity index (χ3n) is 2.21. The van der Waals surface area contributed by atoms with Gasteiger partial charge in [0.15, 0.2) is 0 Å². The number of aromatic nitrogens is 1. The first-order valence-corrected chi connectivity index (χ1v) is 6.27. The molecule has 1 aromatic heterocycles. The summed E-state index contributed by atoms with van der Waals surface area (Å²) in [7, 11) is 0. The maximum atomic E-state index is 4.46. The van der Waals surface area contributed by atoms with Crippen molar-refractivity contribution < 1.29 is 0 Å². The van der Waals surface area contributed by atoms with Crippen molar-refractivity contribution in [2.75, 3.05) is 12.8 Å². The topological polar surface area (TPSA) is 24.9 Å². The molecule has 0 radical (unpaired) electrons. The molecule has 2 nitrogen and oxygen atoms in total. The van der Waals surface area contributed by atoms with Gasteiger partial charge in [-0.1, -0.05) is 13.8 Å². The van der Waals surface area contributed by atoms with Crippen molar-refractivity contribution >= 4 is 11.8 Å². The maximum absolute atomic E-state index is 4.46. The molecule has 1 atom stereocenters. The van der Waals surface area contributed by atoms with E-state index in [1.54, 1.807) is 11.8 Å². The van der Waals surface area contributed by atoms with E-state index >= 15 is 0 Å². The van der Waals surface area contributed by atoms with Crippen LogP contribution in [0.5, 0.6) is 0 Å². The fourth-order valence-corrected chi connectivity index (χ4v) is 1.79.